The third-order valence-electron chi connectivity index (χ3n) is 3.50. The van der Waals surface area contributed by atoms with Crippen LogP contribution in [0, 0.1) is 0 Å². The van der Waals surface area contributed by atoms with Crippen LogP contribution in [0.15, 0.2) is 60.8 Å². The SMILES string of the molecule is COc1ccccc1CNCc1ccc2ncccc2c1. The summed E-state index contributed by atoms with van der Waals surface area (Å²) in [5.74, 6) is 0.924. The molecule has 0 saturated heterocycles. The minimum absolute atomic E-state index is 0.787. The van der Waals surface area contributed by atoms with Crippen molar-refractivity contribution in [3.63, 3.8) is 0 Å². The molecule has 0 atom stereocenters. The molecule has 3 rings (SSSR count). The van der Waals surface area contributed by atoms with E-state index in [2.05, 4.69) is 40.6 Å². The Kier molecular flexibility index (Phi) is 4.12. The van der Waals surface area contributed by atoms with Gasteiger partial charge in [-0.3, -0.25) is 4.98 Å². The van der Waals surface area contributed by atoms with Crippen molar-refractivity contribution < 1.29 is 4.74 Å². The number of ether oxygens (including phenoxy) is 1. The normalized spacial score (nSPS) is 10.7. The lowest BCUT2D eigenvalue weighted by molar-refractivity contribution is 0.407. The van der Waals surface area contributed by atoms with E-state index in [1.54, 1.807) is 7.11 Å². The monoisotopic (exact) mass is 278 g/mol. The van der Waals surface area contributed by atoms with Crippen LogP contribution >= 0.6 is 0 Å². The van der Waals surface area contributed by atoms with E-state index in [1.165, 1.54) is 16.5 Å². The number of nitrogens with one attached hydrogen (secondary N) is 1. The van der Waals surface area contributed by atoms with Crippen molar-refractivity contribution >= 4 is 10.9 Å². The van der Waals surface area contributed by atoms with Crippen LogP contribution in [0.5, 0.6) is 5.75 Å². The zero-order valence-corrected chi connectivity index (χ0v) is 12.0. The Morgan fingerprint density at radius 3 is 2.81 bits per heavy atom. The van der Waals surface area contributed by atoms with Crippen molar-refractivity contribution in [3.8, 4) is 5.75 Å². The van der Waals surface area contributed by atoms with E-state index >= 15 is 0 Å². The quantitative estimate of drug-likeness (QED) is 0.775. The number of nitrogens with zero attached hydrogens (tertiary/aromatic N) is 1. The molecule has 0 aliphatic heterocycles. The second kappa shape index (κ2) is 6.37. The van der Waals surface area contributed by atoms with Crippen molar-refractivity contribution in [1.29, 1.82) is 0 Å². The van der Waals surface area contributed by atoms with Crippen molar-refractivity contribution in [2.75, 3.05) is 7.11 Å². The molecule has 1 N–H and O–H groups in total. The summed E-state index contributed by atoms with van der Waals surface area (Å²) in [5, 5.41) is 4.63. The van der Waals surface area contributed by atoms with Crippen molar-refractivity contribution in [2.24, 2.45) is 0 Å². The first-order chi connectivity index (χ1) is 10.4. The van der Waals surface area contributed by atoms with E-state index in [-0.39, 0.29) is 0 Å². The molecule has 0 aliphatic carbocycles. The van der Waals surface area contributed by atoms with E-state index in [9.17, 15) is 0 Å². The molecule has 0 amide bonds. The van der Waals surface area contributed by atoms with E-state index in [4.69, 9.17) is 4.74 Å². The molecule has 106 valence electrons. The molecule has 21 heavy (non-hydrogen) atoms. The van der Waals surface area contributed by atoms with Crippen LogP contribution in [0.3, 0.4) is 0 Å². The molecule has 0 saturated carbocycles. The van der Waals surface area contributed by atoms with Gasteiger partial charge in [-0.15, -0.1) is 0 Å². The Bertz CT molecular complexity index is 740. The van der Waals surface area contributed by atoms with Gasteiger partial charge in [0.1, 0.15) is 5.75 Å². The fourth-order valence-corrected chi connectivity index (χ4v) is 2.43. The molecule has 3 nitrogen and oxygen atoms in total. The number of benzene rings is 2. The average molecular weight is 278 g/mol. The van der Waals surface area contributed by atoms with Crippen LogP contribution in [0.25, 0.3) is 10.9 Å². The van der Waals surface area contributed by atoms with Crippen molar-refractivity contribution in [2.45, 2.75) is 13.1 Å². The molecule has 0 radical (unpaired) electrons. The van der Waals surface area contributed by atoms with Crippen LogP contribution in [0.4, 0.5) is 0 Å². The summed E-state index contributed by atoms with van der Waals surface area (Å²) >= 11 is 0. The van der Waals surface area contributed by atoms with Gasteiger partial charge >= 0.3 is 0 Å². The van der Waals surface area contributed by atoms with Crippen LogP contribution in [-0.2, 0) is 13.1 Å². The number of fused-ring (bicyclic) bond motifs is 1. The molecule has 1 heterocycles. The highest BCUT2D eigenvalue weighted by atomic mass is 16.5. The van der Waals surface area contributed by atoms with Crippen molar-refractivity contribution in [3.05, 3.63) is 71.9 Å². The molecule has 0 bridgehead atoms. The number of pyridine rings is 1. The van der Waals surface area contributed by atoms with Crippen LogP contribution in [0.1, 0.15) is 11.1 Å². The highest BCUT2D eigenvalue weighted by Crippen LogP contribution is 2.17. The molecule has 2 aromatic carbocycles. The molecule has 3 aromatic rings. The first kappa shape index (κ1) is 13.6. The Morgan fingerprint density at radius 1 is 1.00 bits per heavy atom. The van der Waals surface area contributed by atoms with Gasteiger partial charge in [0.2, 0.25) is 0 Å². The second-order valence-corrected chi connectivity index (χ2v) is 4.95. The minimum Gasteiger partial charge on any atom is -0.496 e. The largest absolute Gasteiger partial charge is 0.496 e. The Hall–Kier alpha value is -2.39. The van der Waals surface area contributed by atoms with Gasteiger partial charge in [0.15, 0.2) is 0 Å². The first-order valence-electron chi connectivity index (χ1n) is 7.03. The van der Waals surface area contributed by atoms with Crippen molar-refractivity contribution in [1.82, 2.24) is 10.3 Å². The molecule has 0 spiro atoms. The third-order valence-corrected chi connectivity index (χ3v) is 3.50. The van der Waals surface area contributed by atoms with Crippen LogP contribution < -0.4 is 10.1 Å². The topological polar surface area (TPSA) is 34.1 Å². The van der Waals surface area contributed by atoms with E-state index in [0.29, 0.717) is 0 Å². The molecule has 0 aliphatic rings. The van der Waals surface area contributed by atoms with Gasteiger partial charge in [0, 0.05) is 30.2 Å². The number of hydrogen-bond donors (Lipinski definition) is 1. The number of methoxy groups -OCH3 is 1. The van der Waals surface area contributed by atoms with Gasteiger partial charge in [-0.25, -0.2) is 0 Å². The lowest BCUT2D eigenvalue weighted by Gasteiger charge is -2.09. The summed E-state index contributed by atoms with van der Waals surface area (Å²) in [6, 6.07) is 18.5. The Labute approximate surface area is 124 Å². The maximum absolute atomic E-state index is 5.36. The number of para-hydroxylation sites is 1. The smallest absolute Gasteiger partial charge is 0.123 e. The van der Waals surface area contributed by atoms with E-state index in [0.717, 1.165) is 24.4 Å². The van der Waals surface area contributed by atoms with Gasteiger partial charge in [0.05, 0.1) is 12.6 Å². The molecule has 0 unspecified atom stereocenters. The summed E-state index contributed by atoms with van der Waals surface area (Å²) in [6.07, 6.45) is 1.82. The summed E-state index contributed by atoms with van der Waals surface area (Å²) in [7, 11) is 1.70. The number of hydrogen-bond acceptors (Lipinski definition) is 3. The Balaban J connectivity index is 1.66. The van der Waals surface area contributed by atoms with E-state index < -0.39 is 0 Å². The number of aromatic nitrogens is 1. The van der Waals surface area contributed by atoms with E-state index in [1.807, 2.05) is 30.5 Å². The maximum atomic E-state index is 5.36. The fourth-order valence-electron chi connectivity index (χ4n) is 2.43. The van der Waals surface area contributed by atoms with Gasteiger partial charge < -0.3 is 10.1 Å². The zero-order chi connectivity index (χ0) is 14.5. The lowest BCUT2D eigenvalue weighted by Crippen LogP contribution is -2.13. The Morgan fingerprint density at radius 2 is 1.90 bits per heavy atom. The fraction of sp³-hybridized carbons (Fsp3) is 0.167. The van der Waals surface area contributed by atoms with Gasteiger partial charge in [-0.1, -0.05) is 30.3 Å². The third kappa shape index (κ3) is 3.20. The van der Waals surface area contributed by atoms with Crippen LogP contribution in [0.2, 0.25) is 0 Å². The summed E-state index contributed by atoms with van der Waals surface area (Å²) in [4.78, 5) is 4.34. The summed E-state index contributed by atoms with van der Waals surface area (Å²) in [6.45, 7) is 1.61. The second-order valence-electron chi connectivity index (χ2n) is 4.95. The lowest BCUT2D eigenvalue weighted by atomic mass is 10.1. The maximum Gasteiger partial charge on any atom is 0.123 e. The molecule has 1 aromatic heterocycles. The standard InChI is InChI=1S/C18H18N2O/c1-21-18-7-3-2-5-16(18)13-19-12-14-8-9-17-15(11-14)6-4-10-20-17/h2-11,19H,12-13H2,1H3. The number of rotatable bonds is 5. The van der Waals surface area contributed by atoms with Gasteiger partial charge in [-0.2, -0.15) is 0 Å². The predicted octanol–water partition coefficient (Wildman–Crippen LogP) is 3.53. The molecule has 0 fully saturated rings. The highest BCUT2D eigenvalue weighted by molar-refractivity contribution is 5.78. The average Bonchev–Trinajstić information content (AvgIpc) is 2.55. The zero-order valence-electron chi connectivity index (χ0n) is 12.0. The minimum atomic E-state index is 0.787. The van der Waals surface area contributed by atoms with Crippen LogP contribution in [-0.4, -0.2) is 12.1 Å². The summed E-state index contributed by atoms with van der Waals surface area (Å²) in [5.41, 5.74) is 3.46. The van der Waals surface area contributed by atoms with Gasteiger partial charge in [-0.05, 0) is 29.8 Å². The molecular weight excluding hydrogens is 260 g/mol. The predicted molar refractivity (Wildman–Crippen MR) is 85.3 cm³/mol. The molecular formula is C18H18N2O. The first-order valence-corrected chi connectivity index (χ1v) is 7.03. The van der Waals surface area contributed by atoms with Gasteiger partial charge in [0.25, 0.3) is 0 Å². The molecule has 3 heteroatoms. The summed E-state index contributed by atoms with van der Waals surface area (Å²) < 4.78 is 5.36. The highest BCUT2D eigenvalue weighted by Gasteiger charge is 2.01.